The monoisotopic (exact) mass is 325 g/mol. The van der Waals surface area contributed by atoms with Gasteiger partial charge in [-0.15, -0.1) is 11.3 Å². The zero-order valence-electron chi connectivity index (χ0n) is 8.48. The van der Waals surface area contributed by atoms with Crippen LogP contribution in [0.25, 0.3) is 0 Å². The Bertz CT molecular complexity index is 451. The lowest BCUT2D eigenvalue weighted by Gasteiger charge is -2.09. The van der Waals surface area contributed by atoms with E-state index in [2.05, 4.69) is 20.7 Å². The maximum absolute atomic E-state index is 11.9. The molecule has 4 nitrogen and oxygen atoms in total. The average molecular weight is 326 g/mol. The molecule has 0 saturated carbocycles. The number of hydrogen-bond donors (Lipinski definition) is 1. The molecule has 2 heterocycles. The largest absolute Gasteiger partial charge is 0.381 e. The molecule has 1 aromatic heterocycles. The van der Waals surface area contributed by atoms with Gasteiger partial charge in [0.1, 0.15) is 4.21 Å². The molecule has 0 aliphatic carbocycles. The van der Waals surface area contributed by atoms with E-state index < -0.39 is 10.0 Å². The topological polar surface area (TPSA) is 55.4 Å². The Balaban J connectivity index is 2.00. The predicted octanol–water partition coefficient (Wildman–Crippen LogP) is 1.83. The van der Waals surface area contributed by atoms with Gasteiger partial charge in [-0.1, -0.05) is 0 Å². The molecule has 1 aromatic rings. The summed E-state index contributed by atoms with van der Waals surface area (Å²) < 4.78 is 32.6. The highest BCUT2D eigenvalue weighted by atomic mass is 79.9. The Labute approximate surface area is 107 Å². The Morgan fingerprint density at radius 1 is 1.62 bits per heavy atom. The van der Waals surface area contributed by atoms with Gasteiger partial charge in [0.05, 0.1) is 6.61 Å². The van der Waals surface area contributed by atoms with Gasteiger partial charge in [-0.2, -0.15) is 0 Å². The van der Waals surface area contributed by atoms with Gasteiger partial charge in [-0.3, -0.25) is 0 Å². The van der Waals surface area contributed by atoms with Crippen molar-refractivity contribution in [1.82, 2.24) is 4.72 Å². The smallest absolute Gasteiger partial charge is 0.251 e. The minimum Gasteiger partial charge on any atom is -0.381 e. The van der Waals surface area contributed by atoms with Crippen LogP contribution in [0.2, 0.25) is 0 Å². The maximum Gasteiger partial charge on any atom is 0.251 e. The summed E-state index contributed by atoms with van der Waals surface area (Å²) in [6.45, 7) is 1.83. The number of rotatable bonds is 4. The summed E-state index contributed by atoms with van der Waals surface area (Å²) in [5, 5.41) is 1.75. The molecular formula is C9H12BrNO3S2. The summed E-state index contributed by atoms with van der Waals surface area (Å²) in [6, 6.07) is 1.73. The fourth-order valence-corrected chi connectivity index (χ4v) is 5.01. The highest BCUT2D eigenvalue weighted by Crippen LogP contribution is 2.27. The first-order valence-electron chi connectivity index (χ1n) is 4.90. The van der Waals surface area contributed by atoms with E-state index in [0.717, 1.165) is 13.0 Å². The molecule has 16 heavy (non-hydrogen) atoms. The summed E-state index contributed by atoms with van der Waals surface area (Å²) in [5.41, 5.74) is 0. The second-order valence-electron chi connectivity index (χ2n) is 3.64. The molecule has 1 fully saturated rings. The molecule has 1 unspecified atom stereocenters. The molecular weight excluding hydrogens is 314 g/mol. The van der Waals surface area contributed by atoms with E-state index in [1.165, 1.54) is 11.3 Å². The molecule has 0 radical (unpaired) electrons. The molecule has 0 spiro atoms. The SMILES string of the molecule is O=S(=O)(NCC1CCOC1)c1sccc1Br. The van der Waals surface area contributed by atoms with Gasteiger partial charge in [0, 0.05) is 17.6 Å². The van der Waals surface area contributed by atoms with Crippen LogP contribution in [0.15, 0.2) is 20.1 Å². The Hall–Kier alpha value is 0.0500. The number of halogens is 1. The fraction of sp³-hybridized carbons (Fsp3) is 0.556. The van der Waals surface area contributed by atoms with Crippen LogP contribution in [0.1, 0.15) is 6.42 Å². The summed E-state index contributed by atoms with van der Waals surface area (Å²) >= 11 is 4.43. The van der Waals surface area contributed by atoms with Crippen LogP contribution in [-0.4, -0.2) is 28.2 Å². The number of sulfonamides is 1. The Kier molecular flexibility index (Phi) is 4.01. The first-order valence-corrected chi connectivity index (χ1v) is 8.05. The van der Waals surface area contributed by atoms with Crippen LogP contribution in [0, 0.1) is 5.92 Å². The standard InChI is InChI=1S/C9H12BrNO3S2/c10-8-2-4-15-9(8)16(12,13)11-5-7-1-3-14-6-7/h2,4,7,11H,1,3,5-6H2. The van der Waals surface area contributed by atoms with Gasteiger partial charge in [0.2, 0.25) is 0 Å². The van der Waals surface area contributed by atoms with Crippen molar-refractivity contribution in [3.63, 3.8) is 0 Å². The summed E-state index contributed by atoms with van der Waals surface area (Å²) in [6.07, 6.45) is 0.925. The quantitative estimate of drug-likeness (QED) is 0.918. The van der Waals surface area contributed by atoms with Crippen molar-refractivity contribution in [3.8, 4) is 0 Å². The number of ether oxygens (including phenoxy) is 1. The molecule has 0 amide bonds. The molecule has 0 aromatic carbocycles. The Morgan fingerprint density at radius 3 is 3.00 bits per heavy atom. The second kappa shape index (κ2) is 5.14. The highest BCUT2D eigenvalue weighted by Gasteiger charge is 2.22. The van der Waals surface area contributed by atoms with Crippen molar-refractivity contribution in [1.29, 1.82) is 0 Å². The molecule has 7 heteroatoms. The molecule has 1 N–H and O–H groups in total. The summed E-state index contributed by atoms with van der Waals surface area (Å²) in [5.74, 6) is 0.300. The average Bonchev–Trinajstić information content (AvgIpc) is 2.85. The van der Waals surface area contributed by atoms with Crippen LogP contribution in [-0.2, 0) is 14.8 Å². The third kappa shape index (κ3) is 2.84. The van der Waals surface area contributed by atoms with Gasteiger partial charge in [0.25, 0.3) is 10.0 Å². The highest BCUT2D eigenvalue weighted by molar-refractivity contribution is 9.10. The minimum absolute atomic E-state index is 0.300. The summed E-state index contributed by atoms with van der Waals surface area (Å²) in [7, 11) is -3.37. The van der Waals surface area contributed by atoms with Crippen molar-refractivity contribution in [2.24, 2.45) is 5.92 Å². The molecule has 90 valence electrons. The normalized spacial score (nSPS) is 21.4. The van der Waals surface area contributed by atoms with Gasteiger partial charge in [-0.05, 0) is 39.7 Å². The number of thiophene rings is 1. The maximum atomic E-state index is 11.9. The van der Waals surface area contributed by atoms with Crippen LogP contribution < -0.4 is 4.72 Å². The fourth-order valence-electron chi connectivity index (χ4n) is 1.51. The third-order valence-corrected chi connectivity index (χ3v) is 6.51. The van der Waals surface area contributed by atoms with Crippen molar-refractivity contribution in [2.75, 3.05) is 19.8 Å². The zero-order chi connectivity index (χ0) is 11.6. The first kappa shape index (κ1) is 12.5. The second-order valence-corrected chi connectivity index (χ2v) is 7.37. The molecule has 1 aliphatic rings. The van der Waals surface area contributed by atoms with Crippen molar-refractivity contribution >= 4 is 37.3 Å². The van der Waals surface area contributed by atoms with Crippen molar-refractivity contribution in [2.45, 2.75) is 10.6 Å². The van der Waals surface area contributed by atoms with E-state index in [0.29, 0.717) is 27.8 Å². The van der Waals surface area contributed by atoms with E-state index in [1.807, 2.05) is 0 Å². The van der Waals surface area contributed by atoms with E-state index in [4.69, 9.17) is 4.74 Å². The van der Waals surface area contributed by atoms with Gasteiger partial charge < -0.3 is 4.74 Å². The number of hydrogen-bond acceptors (Lipinski definition) is 4. The van der Waals surface area contributed by atoms with Crippen LogP contribution >= 0.6 is 27.3 Å². The Morgan fingerprint density at radius 2 is 2.44 bits per heavy atom. The minimum atomic E-state index is -3.37. The molecule has 1 saturated heterocycles. The third-order valence-electron chi connectivity index (χ3n) is 2.41. The lowest BCUT2D eigenvalue weighted by Crippen LogP contribution is -2.29. The summed E-state index contributed by atoms with van der Waals surface area (Å²) in [4.78, 5) is 0. The first-order chi connectivity index (χ1) is 7.59. The molecule has 1 aliphatic heterocycles. The van der Waals surface area contributed by atoms with Crippen LogP contribution in [0.3, 0.4) is 0 Å². The molecule has 0 bridgehead atoms. The van der Waals surface area contributed by atoms with E-state index in [-0.39, 0.29) is 0 Å². The predicted molar refractivity (Wildman–Crippen MR) is 66.1 cm³/mol. The van der Waals surface area contributed by atoms with E-state index >= 15 is 0 Å². The van der Waals surface area contributed by atoms with E-state index in [1.54, 1.807) is 11.4 Å². The van der Waals surface area contributed by atoms with Gasteiger partial charge >= 0.3 is 0 Å². The number of nitrogens with one attached hydrogen (secondary N) is 1. The molecule has 1 atom stereocenters. The van der Waals surface area contributed by atoms with Crippen LogP contribution in [0.5, 0.6) is 0 Å². The van der Waals surface area contributed by atoms with Gasteiger partial charge in [0.15, 0.2) is 0 Å². The van der Waals surface area contributed by atoms with Gasteiger partial charge in [-0.25, -0.2) is 13.1 Å². The lowest BCUT2D eigenvalue weighted by molar-refractivity contribution is 0.186. The lowest BCUT2D eigenvalue weighted by atomic mass is 10.1. The van der Waals surface area contributed by atoms with E-state index in [9.17, 15) is 8.42 Å². The molecule has 2 rings (SSSR count). The van der Waals surface area contributed by atoms with Crippen LogP contribution in [0.4, 0.5) is 0 Å². The van der Waals surface area contributed by atoms with Crippen molar-refractivity contribution < 1.29 is 13.2 Å². The zero-order valence-corrected chi connectivity index (χ0v) is 11.7. The van der Waals surface area contributed by atoms with Crippen molar-refractivity contribution in [3.05, 3.63) is 15.9 Å².